The van der Waals surface area contributed by atoms with Crippen LogP contribution in [0.1, 0.15) is 23.2 Å². The molecule has 1 atom stereocenters. The molecule has 5 heteroatoms. The molecular weight excluding hydrogens is 280 g/mol. The Labute approximate surface area is 129 Å². The molecule has 1 aromatic carbocycles. The number of carbonyl (C=O) groups is 1. The summed E-state index contributed by atoms with van der Waals surface area (Å²) in [7, 11) is 0. The van der Waals surface area contributed by atoms with Crippen LogP contribution < -0.4 is 10.1 Å². The maximum Gasteiger partial charge on any atom is 0.257 e. The van der Waals surface area contributed by atoms with Gasteiger partial charge >= 0.3 is 0 Å². The van der Waals surface area contributed by atoms with Crippen molar-refractivity contribution in [1.29, 1.82) is 0 Å². The van der Waals surface area contributed by atoms with E-state index in [0.717, 1.165) is 25.2 Å². The molecule has 1 aliphatic rings. The molecule has 1 amide bonds. The quantitative estimate of drug-likeness (QED) is 0.922. The summed E-state index contributed by atoms with van der Waals surface area (Å²) in [6.07, 6.45) is 5.48. The second-order valence-electron chi connectivity index (χ2n) is 5.17. The Morgan fingerprint density at radius 2 is 2.32 bits per heavy atom. The second kappa shape index (κ2) is 7.04. The smallest absolute Gasteiger partial charge is 0.257 e. The fourth-order valence-electron chi connectivity index (χ4n) is 2.33. The summed E-state index contributed by atoms with van der Waals surface area (Å²) in [6.45, 7) is 1.36. The SMILES string of the molecule is O=C(Nc1cccc(OC[C@H]2CCCO2)c1)c1cccnc1. The zero-order valence-electron chi connectivity index (χ0n) is 12.2. The van der Waals surface area contributed by atoms with Gasteiger partial charge in [0.05, 0.1) is 11.7 Å². The van der Waals surface area contributed by atoms with Gasteiger partial charge in [0, 0.05) is 30.8 Å². The molecule has 3 rings (SSSR count). The van der Waals surface area contributed by atoms with Crippen LogP contribution in [-0.4, -0.2) is 30.2 Å². The van der Waals surface area contributed by atoms with E-state index in [-0.39, 0.29) is 12.0 Å². The van der Waals surface area contributed by atoms with Crippen LogP contribution in [0.3, 0.4) is 0 Å². The van der Waals surface area contributed by atoms with Gasteiger partial charge < -0.3 is 14.8 Å². The van der Waals surface area contributed by atoms with E-state index in [1.165, 1.54) is 6.20 Å². The topological polar surface area (TPSA) is 60.5 Å². The van der Waals surface area contributed by atoms with Crippen molar-refractivity contribution in [2.45, 2.75) is 18.9 Å². The molecule has 2 aromatic rings. The highest BCUT2D eigenvalue weighted by Crippen LogP contribution is 2.20. The van der Waals surface area contributed by atoms with Gasteiger partial charge in [-0.1, -0.05) is 6.07 Å². The first-order valence-corrected chi connectivity index (χ1v) is 7.37. The lowest BCUT2D eigenvalue weighted by Gasteiger charge is -2.12. The van der Waals surface area contributed by atoms with E-state index in [9.17, 15) is 4.79 Å². The third-order valence-corrected chi connectivity index (χ3v) is 3.48. The third-order valence-electron chi connectivity index (χ3n) is 3.48. The van der Waals surface area contributed by atoms with E-state index >= 15 is 0 Å². The lowest BCUT2D eigenvalue weighted by Crippen LogP contribution is -2.16. The predicted molar refractivity (Wildman–Crippen MR) is 83.1 cm³/mol. The number of benzene rings is 1. The van der Waals surface area contributed by atoms with Gasteiger partial charge in [-0.15, -0.1) is 0 Å². The first kappa shape index (κ1) is 14.5. The average Bonchev–Trinajstić information content (AvgIpc) is 3.08. The van der Waals surface area contributed by atoms with Crippen molar-refractivity contribution in [1.82, 2.24) is 4.98 Å². The van der Waals surface area contributed by atoms with E-state index in [4.69, 9.17) is 9.47 Å². The van der Waals surface area contributed by atoms with Gasteiger partial charge in [0.15, 0.2) is 0 Å². The molecule has 0 unspecified atom stereocenters. The molecule has 0 saturated carbocycles. The fourth-order valence-corrected chi connectivity index (χ4v) is 2.33. The molecule has 0 spiro atoms. The molecule has 1 aliphatic heterocycles. The summed E-state index contributed by atoms with van der Waals surface area (Å²) in [5.74, 6) is 0.531. The first-order chi connectivity index (χ1) is 10.8. The molecule has 5 nitrogen and oxygen atoms in total. The highest BCUT2D eigenvalue weighted by molar-refractivity contribution is 6.04. The zero-order valence-corrected chi connectivity index (χ0v) is 12.2. The van der Waals surface area contributed by atoms with Crippen LogP contribution in [0.4, 0.5) is 5.69 Å². The predicted octanol–water partition coefficient (Wildman–Crippen LogP) is 2.89. The zero-order chi connectivity index (χ0) is 15.2. The molecule has 1 fully saturated rings. The van der Waals surface area contributed by atoms with Gasteiger partial charge in [-0.25, -0.2) is 0 Å². The Bertz CT molecular complexity index is 625. The number of hydrogen-bond donors (Lipinski definition) is 1. The Hall–Kier alpha value is -2.40. The van der Waals surface area contributed by atoms with Crippen LogP contribution in [0.25, 0.3) is 0 Å². The number of aromatic nitrogens is 1. The molecule has 114 valence electrons. The van der Waals surface area contributed by atoms with Crippen LogP contribution in [0.2, 0.25) is 0 Å². The normalized spacial score (nSPS) is 17.2. The number of anilines is 1. The van der Waals surface area contributed by atoms with E-state index in [1.807, 2.05) is 24.3 Å². The minimum absolute atomic E-state index is 0.175. The van der Waals surface area contributed by atoms with Crippen LogP contribution in [0, 0.1) is 0 Å². The number of amides is 1. The Balaban J connectivity index is 1.59. The summed E-state index contributed by atoms with van der Waals surface area (Å²) in [4.78, 5) is 16.0. The molecule has 0 radical (unpaired) electrons. The lowest BCUT2D eigenvalue weighted by atomic mass is 10.2. The highest BCUT2D eigenvalue weighted by atomic mass is 16.5. The molecule has 1 N–H and O–H groups in total. The number of pyridine rings is 1. The average molecular weight is 298 g/mol. The lowest BCUT2D eigenvalue weighted by molar-refractivity contribution is 0.0680. The molecule has 1 saturated heterocycles. The van der Waals surface area contributed by atoms with Gasteiger partial charge in [-0.05, 0) is 37.1 Å². The minimum Gasteiger partial charge on any atom is -0.491 e. The molecule has 2 heterocycles. The van der Waals surface area contributed by atoms with Crippen molar-refractivity contribution in [3.63, 3.8) is 0 Å². The monoisotopic (exact) mass is 298 g/mol. The fraction of sp³-hybridized carbons (Fsp3) is 0.294. The number of nitrogens with zero attached hydrogens (tertiary/aromatic N) is 1. The van der Waals surface area contributed by atoms with E-state index < -0.39 is 0 Å². The van der Waals surface area contributed by atoms with E-state index in [0.29, 0.717) is 17.9 Å². The summed E-state index contributed by atoms with van der Waals surface area (Å²) in [6, 6.07) is 10.8. The standard InChI is InChI=1S/C17H18N2O3/c20-17(13-4-2-8-18-11-13)19-14-5-1-6-15(10-14)22-12-16-7-3-9-21-16/h1-2,4-6,8,10-11,16H,3,7,9,12H2,(H,19,20)/t16-/m1/s1. The van der Waals surface area contributed by atoms with Crippen LogP contribution in [-0.2, 0) is 4.74 Å². The van der Waals surface area contributed by atoms with Gasteiger partial charge in [-0.2, -0.15) is 0 Å². The number of ether oxygens (including phenoxy) is 2. The van der Waals surface area contributed by atoms with Crippen molar-refractivity contribution >= 4 is 11.6 Å². The van der Waals surface area contributed by atoms with Crippen molar-refractivity contribution in [3.05, 3.63) is 54.4 Å². The molecule has 0 aliphatic carbocycles. The third kappa shape index (κ3) is 3.83. The Morgan fingerprint density at radius 1 is 1.36 bits per heavy atom. The minimum atomic E-state index is -0.190. The van der Waals surface area contributed by atoms with Crippen molar-refractivity contribution in [2.24, 2.45) is 0 Å². The number of carbonyl (C=O) groups excluding carboxylic acids is 1. The Kier molecular flexibility index (Phi) is 4.65. The largest absolute Gasteiger partial charge is 0.491 e. The van der Waals surface area contributed by atoms with Crippen molar-refractivity contribution in [3.8, 4) is 5.75 Å². The second-order valence-corrected chi connectivity index (χ2v) is 5.17. The maximum atomic E-state index is 12.1. The first-order valence-electron chi connectivity index (χ1n) is 7.37. The van der Waals surface area contributed by atoms with Crippen LogP contribution in [0.15, 0.2) is 48.8 Å². The van der Waals surface area contributed by atoms with Gasteiger partial charge in [-0.3, -0.25) is 9.78 Å². The van der Waals surface area contributed by atoms with E-state index in [1.54, 1.807) is 18.3 Å². The number of nitrogens with one attached hydrogen (secondary N) is 1. The van der Waals surface area contributed by atoms with Gasteiger partial charge in [0.2, 0.25) is 0 Å². The number of hydrogen-bond acceptors (Lipinski definition) is 4. The molecule has 22 heavy (non-hydrogen) atoms. The van der Waals surface area contributed by atoms with Crippen LogP contribution >= 0.6 is 0 Å². The number of rotatable bonds is 5. The summed E-state index contributed by atoms with van der Waals surface area (Å²) in [5, 5.41) is 2.84. The van der Waals surface area contributed by atoms with Gasteiger partial charge in [0.1, 0.15) is 12.4 Å². The molecule has 0 bridgehead atoms. The van der Waals surface area contributed by atoms with Crippen molar-refractivity contribution < 1.29 is 14.3 Å². The van der Waals surface area contributed by atoms with E-state index in [2.05, 4.69) is 10.3 Å². The van der Waals surface area contributed by atoms with Crippen molar-refractivity contribution in [2.75, 3.05) is 18.5 Å². The molecular formula is C17H18N2O3. The van der Waals surface area contributed by atoms with Gasteiger partial charge in [0.25, 0.3) is 5.91 Å². The summed E-state index contributed by atoms with van der Waals surface area (Å²) < 4.78 is 11.3. The van der Waals surface area contributed by atoms with Crippen LogP contribution in [0.5, 0.6) is 5.75 Å². The highest BCUT2D eigenvalue weighted by Gasteiger charge is 2.16. The summed E-state index contributed by atoms with van der Waals surface area (Å²) >= 11 is 0. The summed E-state index contributed by atoms with van der Waals surface area (Å²) in [5.41, 5.74) is 1.21. The Morgan fingerprint density at radius 3 is 3.09 bits per heavy atom. The molecule has 1 aromatic heterocycles. The maximum absolute atomic E-state index is 12.1.